The van der Waals surface area contributed by atoms with E-state index in [-0.39, 0.29) is 17.9 Å². The van der Waals surface area contributed by atoms with E-state index in [0.717, 1.165) is 11.3 Å². The molecule has 1 unspecified atom stereocenters. The van der Waals surface area contributed by atoms with Gasteiger partial charge in [0, 0.05) is 17.7 Å². The van der Waals surface area contributed by atoms with Gasteiger partial charge in [-0.25, -0.2) is 0 Å². The molecule has 0 aromatic heterocycles. The molecule has 0 bridgehead atoms. The van der Waals surface area contributed by atoms with Gasteiger partial charge in [-0.15, -0.1) is 0 Å². The van der Waals surface area contributed by atoms with Crippen molar-refractivity contribution in [1.29, 1.82) is 0 Å². The fourth-order valence-corrected chi connectivity index (χ4v) is 2.68. The van der Waals surface area contributed by atoms with Crippen molar-refractivity contribution in [1.82, 2.24) is 5.32 Å². The zero-order chi connectivity index (χ0) is 20.7. The first-order valence-electron chi connectivity index (χ1n) is 8.94. The molecular weight excluding hydrogens is 360 g/mol. The molecule has 0 aliphatic heterocycles. The molecule has 7 nitrogen and oxygen atoms in total. The van der Waals surface area contributed by atoms with Crippen molar-refractivity contribution < 1.29 is 23.8 Å². The lowest BCUT2D eigenvalue weighted by Gasteiger charge is -2.17. The Morgan fingerprint density at radius 3 is 2.00 bits per heavy atom. The summed E-state index contributed by atoms with van der Waals surface area (Å²) in [5, 5.41) is 5.74. The van der Waals surface area contributed by atoms with Crippen LogP contribution in [0.25, 0.3) is 0 Å². The molecule has 0 fully saturated rings. The average Bonchev–Trinajstić information content (AvgIpc) is 2.72. The second-order valence-electron chi connectivity index (χ2n) is 6.13. The van der Waals surface area contributed by atoms with Crippen LogP contribution >= 0.6 is 0 Å². The van der Waals surface area contributed by atoms with Crippen molar-refractivity contribution in [2.24, 2.45) is 0 Å². The summed E-state index contributed by atoms with van der Waals surface area (Å²) in [5.74, 6) is 0.942. The summed E-state index contributed by atoms with van der Waals surface area (Å²) in [6, 6.07) is 10.3. The molecule has 2 aromatic carbocycles. The lowest BCUT2D eigenvalue weighted by molar-refractivity contribution is -0.115. The first-order chi connectivity index (χ1) is 13.4. The predicted octanol–water partition coefficient (Wildman–Crippen LogP) is 3.55. The maximum Gasteiger partial charge on any atom is 0.252 e. The van der Waals surface area contributed by atoms with E-state index >= 15 is 0 Å². The van der Waals surface area contributed by atoms with Gasteiger partial charge in [0.25, 0.3) is 5.91 Å². The Kier molecular flexibility index (Phi) is 7.26. The number of hydrogen-bond donors (Lipinski definition) is 2. The van der Waals surface area contributed by atoms with E-state index in [1.165, 1.54) is 21.3 Å². The van der Waals surface area contributed by atoms with Gasteiger partial charge in [-0.05, 0) is 36.8 Å². The van der Waals surface area contributed by atoms with Gasteiger partial charge >= 0.3 is 0 Å². The topological polar surface area (TPSA) is 85.9 Å². The van der Waals surface area contributed by atoms with E-state index in [0.29, 0.717) is 29.2 Å². The minimum Gasteiger partial charge on any atom is -0.493 e. The van der Waals surface area contributed by atoms with E-state index in [4.69, 9.17) is 14.2 Å². The molecule has 2 amide bonds. The van der Waals surface area contributed by atoms with Crippen molar-refractivity contribution in [3.63, 3.8) is 0 Å². The third-order valence-electron chi connectivity index (χ3n) is 4.29. The maximum atomic E-state index is 12.7. The Bertz CT molecular complexity index is 808. The summed E-state index contributed by atoms with van der Waals surface area (Å²) >= 11 is 0. The highest BCUT2D eigenvalue weighted by molar-refractivity contribution is 5.96. The van der Waals surface area contributed by atoms with Crippen LogP contribution in [0.1, 0.15) is 42.2 Å². The molecule has 0 aliphatic rings. The summed E-state index contributed by atoms with van der Waals surface area (Å²) in [4.78, 5) is 24.2. The van der Waals surface area contributed by atoms with E-state index in [9.17, 15) is 9.59 Å². The molecule has 0 heterocycles. The second kappa shape index (κ2) is 9.64. The fraction of sp³-hybridized carbons (Fsp3) is 0.333. The molecule has 1 atom stereocenters. The quantitative estimate of drug-likeness (QED) is 0.725. The first kappa shape index (κ1) is 21.1. The minimum atomic E-state index is -0.268. The van der Waals surface area contributed by atoms with E-state index in [2.05, 4.69) is 10.6 Å². The SMILES string of the molecule is CCC(=O)Nc1ccc(C(C)NC(=O)c2cc(OC)c(OC)c(OC)c2)cc1. The van der Waals surface area contributed by atoms with Gasteiger partial charge in [0.15, 0.2) is 11.5 Å². The highest BCUT2D eigenvalue weighted by Crippen LogP contribution is 2.38. The van der Waals surface area contributed by atoms with Gasteiger partial charge < -0.3 is 24.8 Å². The number of carbonyl (C=O) groups excluding carboxylic acids is 2. The number of rotatable bonds is 8. The number of benzene rings is 2. The lowest BCUT2D eigenvalue weighted by Crippen LogP contribution is -2.26. The van der Waals surface area contributed by atoms with Crippen molar-refractivity contribution in [3.05, 3.63) is 47.5 Å². The minimum absolute atomic E-state index is 0.0449. The Morgan fingerprint density at radius 1 is 0.964 bits per heavy atom. The largest absolute Gasteiger partial charge is 0.493 e. The summed E-state index contributed by atoms with van der Waals surface area (Å²) in [7, 11) is 4.51. The van der Waals surface area contributed by atoms with Crippen LogP contribution in [0.3, 0.4) is 0 Å². The molecular formula is C21H26N2O5. The Morgan fingerprint density at radius 2 is 1.54 bits per heavy atom. The molecule has 0 aliphatic carbocycles. The van der Waals surface area contributed by atoms with Crippen LogP contribution < -0.4 is 24.8 Å². The number of amides is 2. The van der Waals surface area contributed by atoms with Crippen LogP contribution in [-0.4, -0.2) is 33.1 Å². The molecule has 150 valence electrons. The van der Waals surface area contributed by atoms with Gasteiger partial charge in [-0.2, -0.15) is 0 Å². The van der Waals surface area contributed by atoms with Crippen LogP contribution in [0.4, 0.5) is 5.69 Å². The summed E-state index contributed by atoms with van der Waals surface area (Å²) < 4.78 is 15.9. The molecule has 0 saturated carbocycles. The summed E-state index contributed by atoms with van der Waals surface area (Å²) in [5.41, 5.74) is 2.03. The molecule has 0 radical (unpaired) electrons. The van der Waals surface area contributed by atoms with E-state index in [1.807, 2.05) is 31.2 Å². The number of hydrogen-bond acceptors (Lipinski definition) is 5. The van der Waals surface area contributed by atoms with Crippen LogP contribution in [0.15, 0.2) is 36.4 Å². The molecule has 0 saturated heterocycles. The lowest BCUT2D eigenvalue weighted by atomic mass is 10.1. The number of ether oxygens (including phenoxy) is 3. The highest BCUT2D eigenvalue weighted by atomic mass is 16.5. The van der Waals surface area contributed by atoms with E-state index < -0.39 is 0 Å². The molecule has 2 N–H and O–H groups in total. The summed E-state index contributed by atoms with van der Waals surface area (Å²) in [6.45, 7) is 3.68. The zero-order valence-electron chi connectivity index (χ0n) is 16.8. The fourth-order valence-electron chi connectivity index (χ4n) is 2.68. The maximum absolute atomic E-state index is 12.7. The number of anilines is 1. The zero-order valence-corrected chi connectivity index (χ0v) is 16.8. The summed E-state index contributed by atoms with van der Waals surface area (Å²) in [6.07, 6.45) is 0.420. The predicted molar refractivity (Wildman–Crippen MR) is 107 cm³/mol. The third-order valence-corrected chi connectivity index (χ3v) is 4.29. The van der Waals surface area contributed by atoms with Crippen molar-refractivity contribution in [3.8, 4) is 17.2 Å². The first-order valence-corrected chi connectivity index (χ1v) is 8.94. The highest BCUT2D eigenvalue weighted by Gasteiger charge is 2.18. The van der Waals surface area contributed by atoms with Crippen molar-refractivity contribution >= 4 is 17.5 Å². The third kappa shape index (κ3) is 4.94. The number of methoxy groups -OCH3 is 3. The number of nitrogens with one attached hydrogen (secondary N) is 2. The van der Waals surface area contributed by atoms with Crippen LogP contribution in [0.2, 0.25) is 0 Å². The monoisotopic (exact) mass is 386 g/mol. The van der Waals surface area contributed by atoms with Gasteiger partial charge in [0.05, 0.1) is 27.4 Å². The van der Waals surface area contributed by atoms with Gasteiger partial charge in [-0.1, -0.05) is 19.1 Å². The number of carbonyl (C=O) groups is 2. The van der Waals surface area contributed by atoms with Crippen molar-refractivity contribution in [2.75, 3.05) is 26.6 Å². The normalized spacial score (nSPS) is 11.3. The van der Waals surface area contributed by atoms with Gasteiger partial charge in [0.1, 0.15) is 0 Å². The molecule has 2 aromatic rings. The van der Waals surface area contributed by atoms with Crippen LogP contribution in [-0.2, 0) is 4.79 Å². The molecule has 0 spiro atoms. The van der Waals surface area contributed by atoms with Gasteiger partial charge in [-0.3, -0.25) is 9.59 Å². The van der Waals surface area contributed by atoms with Crippen molar-refractivity contribution in [2.45, 2.75) is 26.3 Å². The Labute approximate surface area is 165 Å². The second-order valence-corrected chi connectivity index (χ2v) is 6.13. The van der Waals surface area contributed by atoms with E-state index in [1.54, 1.807) is 19.1 Å². The molecule has 28 heavy (non-hydrogen) atoms. The van der Waals surface area contributed by atoms with Crippen LogP contribution in [0, 0.1) is 0 Å². The smallest absolute Gasteiger partial charge is 0.252 e. The standard InChI is InChI=1S/C21H26N2O5/c1-6-19(24)23-16-9-7-14(8-10-16)13(2)22-21(25)15-11-17(26-3)20(28-5)18(12-15)27-4/h7-13H,6H2,1-5H3,(H,22,25)(H,23,24). The average molecular weight is 386 g/mol. The molecule has 7 heteroatoms. The van der Waals surface area contributed by atoms with Gasteiger partial charge in [0.2, 0.25) is 11.7 Å². The Hall–Kier alpha value is -3.22. The van der Waals surface area contributed by atoms with Crippen LogP contribution in [0.5, 0.6) is 17.2 Å². The Balaban J connectivity index is 2.14. The molecule has 2 rings (SSSR count).